The summed E-state index contributed by atoms with van der Waals surface area (Å²) in [5.41, 5.74) is 1.31. The summed E-state index contributed by atoms with van der Waals surface area (Å²) >= 11 is 0. The van der Waals surface area contributed by atoms with Gasteiger partial charge in [0.2, 0.25) is 5.43 Å². The van der Waals surface area contributed by atoms with Crippen molar-refractivity contribution in [1.82, 2.24) is 9.58 Å². The van der Waals surface area contributed by atoms with E-state index in [0.29, 0.717) is 13.0 Å². The molecule has 1 aromatic heterocycles. The fraction of sp³-hybridized carbons (Fsp3) is 0.231. The normalized spacial score (nSPS) is 20.8. The number of aromatic nitrogens is 1. The average Bonchev–Trinajstić information content (AvgIpc) is 2.87. The summed E-state index contributed by atoms with van der Waals surface area (Å²) in [6.45, 7) is 2.64. The van der Waals surface area contributed by atoms with Gasteiger partial charge in [0.15, 0.2) is 11.4 Å². The molecule has 0 saturated carbocycles. The van der Waals surface area contributed by atoms with E-state index in [-0.39, 0.29) is 30.4 Å². The van der Waals surface area contributed by atoms with Crippen LogP contribution in [0.15, 0.2) is 83.8 Å². The van der Waals surface area contributed by atoms with Crippen molar-refractivity contribution in [3.8, 4) is 11.5 Å². The Labute approximate surface area is 191 Å². The van der Waals surface area contributed by atoms with Gasteiger partial charge in [0.05, 0.1) is 6.04 Å². The van der Waals surface area contributed by atoms with Crippen LogP contribution in [0, 0.1) is 0 Å². The molecular formula is C26H25N3O4. The van der Waals surface area contributed by atoms with E-state index >= 15 is 0 Å². The third-order valence-electron chi connectivity index (χ3n) is 6.23. The van der Waals surface area contributed by atoms with Gasteiger partial charge in [-0.15, -0.1) is 0 Å². The number of pyridine rings is 1. The summed E-state index contributed by atoms with van der Waals surface area (Å²) in [4.78, 5) is 27.5. The van der Waals surface area contributed by atoms with E-state index in [9.17, 15) is 14.7 Å². The summed E-state index contributed by atoms with van der Waals surface area (Å²) in [5, 5.41) is 12.7. The third kappa shape index (κ3) is 3.55. The van der Waals surface area contributed by atoms with E-state index in [0.717, 1.165) is 16.9 Å². The maximum Gasteiger partial charge on any atom is 0.278 e. The topological polar surface area (TPSA) is 75.0 Å². The van der Waals surface area contributed by atoms with Crippen LogP contribution in [0.25, 0.3) is 0 Å². The molecule has 5 rings (SSSR count). The number of ether oxygens (including phenoxy) is 1. The summed E-state index contributed by atoms with van der Waals surface area (Å²) in [6, 6.07) is 18.5. The van der Waals surface area contributed by atoms with Gasteiger partial charge < -0.3 is 14.7 Å². The molecule has 2 aliphatic heterocycles. The van der Waals surface area contributed by atoms with Crippen LogP contribution in [-0.2, 0) is 0 Å². The van der Waals surface area contributed by atoms with Crippen molar-refractivity contribution in [2.75, 3.05) is 18.3 Å². The van der Waals surface area contributed by atoms with Crippen LogP contribution in [-0.4, -0.2) is 39.9 Å². The van der Waals surface area contributed by atoms with Crippen molar-refractivity contribution in [3.05, 3.63) is 106 Å². The summed E-state index contributed by atoms with van der Waals surface area (Å²) in [6.07, 6.45) is 6.10. The lowest BCUT2D eigenvalue weighted by molar-refractivity contribution is 0.0626. The molecule has 0 unspecified atom stereocenters. The van der Waals surface area contributed by atoms with Crippen molar-refractivity contribution in [3.63, 3.8) is 0 Å². The molecule has 1 amide bonds. The van der Waals surface area contributed by atoms with Crippen LogP contribution in [0.5, 0.6) is 11.5 Å². The second-order valence-electron chi connectivity index (χ2n) is 8.14. The molecule has 0 fully saturated rings. The van der Waals surface area contributed by atoms with Crippen LogP contribution in [0.4, 0.5) is 0 Å². The van der Waals surface area contributed by atoms with Gasteiger partial charge in [-0.3, -0.25) is 19.3 Å². The standard InChI is InChI=1S/C26H25N3O4/c1-2-19-11-8-16-33-22-13-7-6-12-20(22)23(18-9-4-3-5-10-18)29-17-27(19)26(32)24-25(31)21(30)14-15-28(24)29/h3-15,19,23,31H,2,16-17H2,1H3/b11-8+/t19-,23+/m0/s1. The van der Waals surface area contributed by atoms with Gasteiger partial charge in [0, 0.05) is 17.8 Å². The fourth-order valence-corrected chi connectivity index (χ4v) is 4.61. The monoisotopic (exact) mass is 443 g/mol. The Morgan fingerprint density at radius 1 is 1.03 bits per heavy atom. The molecular weight excluding hydrogens is 418 g/mol. The zero-order valence-electron chi connectivity index (χ0n) is 18.3. The third-order valence-corrected chi connectivity index (χ3v) is 6.23. The molecule has 2 atom stereocenters. The van der Waals surface area contributed by atoms with Gasteiger partial charge in [0.1, 0.15) is 25.1 Å². The Bertz CT molecular complexity index is 1270. The lowest BCUT2D eigenvalue weighted by Gasteiger charge is -2.45. The quantitative estimate of drug-likeness (QED) is 0.615. The number of aromatic hydroxyl groups is 1. The van der Waals surface area contributed by atoms with Gasteiger partial charge in [-0.25, -0.2) is 0 Å². The van der Waals surface area contributed by atoms with Gasteiger partial charge in [0.25, 0.3) is 5.91 Å². The molecule has 2 aromatic carbocycles. The number of para-hydroxylation sites is 1. The van der Waals surface area contributed by atoms with E-state index < -0.39 is 11.2 Å². The number of amides is 1. The second-order valence-corrected chi connectivity index (χ2v) is 8.14. The Balaban J connectivity index is 1.81. The predicted molar refractivity (Wildman–Crippen MR) is 125 cm³/mol. The lowest BCUT2D eigenvalue weighted by atomic mass is 9.97. The number of hydrogen-bond acceptors (Lipinski definition) is 5. The van der Waals surface area contributed by atoms with Crippen LogP contribution in [0.1, 0.15) is 41.0 Å². The number of benzene rings is 2. The zero-order valence-corrected chi connectivity index (χ0v) is 18.3. The SMILES string of the molecule is CC[C@H]1/C=C/COc2ccccc2[C@@H](c2ccccc2)N2CN1C(=O)c1c(O)c(=O)ccn12. The molecule has 7 nitrogen and oxygen atoms in total. The highest BCUT2D eigenvalue weighted by Gasteiger charge is 2.39. The number of fused-ring (bicyclic) bond motifs is 5. The minimum atomic E-state index is -0.579. The molecule has 168 valence electrons. The summed E-state index contributed by atoms with van der Waals surface area (Å²) in [7, 11) is 0. The highest BCUT2D eigenvalue weighted by atomic mass is 16.5. The van der Waals surface area contributed by atoms with E-state index in [2.05, 4.69) is 0 Å². The highest BCUT2D eigenvalue weighted by Crippen LogP contribution is 2.37. The van der Waals surface area contributed by atoms with Gasteiger partial charge in [-0.2, -0.15) is 0 Å². The van der Waals surface area contributed by atoms with Crippen LogP contribution in [0.3, 0.4) is 0 Å². The molecule has 0 saturated heterocycles. The highest BCUT2D eigenvalue weighted by molar-refractivity contribution is 5.96. The molecule has 0 spiro atoms. The average molecular weight is 444 g/mol. The minimum Gasteiger partial charge on any atom is -0.502 e. The van der Waals surface area contributed by atoms with E-state index in [1.807, 2.05) is 78.7 Å². The van der Waals surface area contributed by atoms with Crippen molar-refractivity contribution < 1.29 is 14.6 Å². The largest absolute Gasteiger partial charge is 0.502 e. The maximum absolute atomic E-state index is 13.5. The number of carbonyl (C=O) groups is 1. The molecule has 2 bridgehead atoms. The number of rotatable bonds is 2. The maximum atomic E-state index is 13.5. The van der Waals surface area contributed by atoms with Crippen molar-refractivity contribution in [2.45, 2.75) is 25.4 Å². The first-order chi connectivity index (χ1) is 16.1. The summed E-state index contributed by atoms with van der Waals surface area (Å²) < 4.78 is 7.75. The zero-order chi connectivity index (χ0) is 22.9. The number of hydrogen-bond donors (Lipinski definition) is 1. The first-order valence-electron chi connectivity index (χ1n) is 11.1. The van der Waals surface area contributed by atoms with E-state index in [4.69, 9.17) is 4.74 Å². The molecule has 3 heterocycles. The first kappa shape index (κ1) is 20.9. The first-order valence-corrected chi connectivity index (χ1v) is 11.1. The van der Waals surface area contributed by atoms with Gasteiger partial charge >= 0.3 is 0 Å². The molecule has 2 aliphatic rings. The second kappa shape index (κ2) is 8.50. The van der Waals surface area contributed by atoms with Crippen molar-refractivity contribution in [1.29, 1.82) is 0 Å². The van der Waals surface area contributed by atoms with Gasteiger partial charge in [-0.1, -0.05) is 61.5 Å². The number of nitrogens with zero attached hydrogens (tertiary/aromatic N) is 3. The van der Waals surface area contributed by atoms with E-state index in [1.54, 1.807) is 15.8 Å². The molecule has 0 aliphatic carbocycles. The van der Waals surface area contributed by atoms with Crippen LogP contribution < -0.4 is 15.2 Å². The number of carbonyl (C=O) groups excluding carboxylic acids is 1. The molecule has 3 aromatic rings. The fourth-order valence-electron chi connectivity index (χ4n) is 4.61. The Kier molecular flexibility index (Phi) is 5.38. The smallest absolute Gasteiger partial charge is 0.278 e. The Hall–Kier alpha value is -4.00. The lowest BCUT2D eigenvalue weighted by Crippen LogP contribution is -2.57. The van der Waals surface area contributed by atoms with Crippen LogP contribution in [0.2, 0.25) is 0 Å². The van der Waals surface area contributed by atoms with Crippen molar-refractivity contribution in [2.24, 2.45) is 0 Å². The van der Waals surface area contributed by atoms with E-state index in [1.165, 1.54) is 6.07 Å². The predicted octanol–water partition coefficient (Wildman–Crippen LogP) is 3.42. The minimum absolute atomic E-state index is 0.0285. The van der Waals surface area contributed by atoms with Crippen molar-refractivity contribution >= 4 is 5.91 Å². The molecule has 0 radical (unpaired) electrons. The Morgan fingerprint density at radius 3 is 2.58 bits per heavy atom. The van der Waals surface area contributed by atoms with Gasteiger partial charge in [-0.05, 0) is 24.1 Å². The molecule has 7 heteroatoms. The molecule has 1 N–H and O–H groups in total. The Morgan fingerprint density at radius 2 is 1.79 bits per heavy atom. The van der Waals surface area contributed by atoms with Crippen LogP contribution >= 0.6 is 0 Å². The molecule has 33 heavy (non-hydrogen) atoms. The summed E-state index contributed by atoms with van der Waals surface area (Å²) in [5.74, 6) is -0.179.